The number of aliphatic hydroxyl groups excluding tert-OH is 1. The van der Waals surface area contributed by atoms with Crippen molar-refractivity contribution in [1.29, 1.82) is 0 Å². The molecule has 4 heterocycles. The Hall–Kier alpha value is -1.52. The van der Waals surface area contributed by atoms with Gasteiger partial charge < -0.3 is 14.8 Å². The zero-order chi connectivity index (χ0) is 16.4. The van der Waals surface area contributed by atoms with Crippen LogP contribution in [0.15, 0.2) is 18.2 Å². The van der Waals surface area contributed by atoms with Crippen molar-refractivity contribution in [2.24, 2.45) is 11.8 Å². The summed E-state index contributed by atoms with van der Waals surface area (Å²) in [6.45, 7) is 3.28. The number of rotatable bonds is 2. The molecule has 1 aromatic heterocycles. The van der Waals surface area contributed by atoms with E-state index in [2.05, 4.69) is 35.0 Å². The van der Waals surface area contributed by atoms with Crippen molar-refractivity contribution >= 4 is 10.9 Å². The van der Waals surface area contributed by atoms with Crippen LogP contribution in [-0.2, 0) is 6.42 Å². The fourth-order valence-electron chi connectivity index (χ4n) is 5.80. The lowest BCUT2D eigenvalue weighted by atomic mass is 9.64. The Morgan fingerprint density at radius 3 is 3.00 bits per heavy atom. The molecule has 4 heteroatoms. The molecule has 0 radical (unpaired) electrons. The molecule has 1 aromatic carbocycles. The van der Waals surface area contributed by atoms with Crippen molar-refractivity contribution in [1.82, 2.24) is 9.88 Å². The second-order valence-electron chi connectivity index (χ2n) is 7.83. The van der Waals surface area contributed by atoms with Gasteiger partial charge in [-0.15, -0.1) is 0 Å². The van der Waals surface area contributed by atoms with Crippen molar-refractivity contribution in [2.45, 2.75) is 50.8 Å². The highest BCUT2D eigenvalue weighted by atomic mass is 16.5. The predicted octanol–water partition coefficient (Wildman–Crippen LogP) is 3.26. The summed E-state index contributed by atoms with van der Waals surface area (Å²) >= 11 is 0. The maximum atomic E-state index is 10.7. The van der Waals surface area contributed by atoms with Gasteiger partial charge in [0.1, 0.15) is 12.0 Å². The molecule has 24 heavy (non-hydrogen) atoms. The zero-order valence-electron chi connectivity index (χ0n) is 14.5. The molecule has 6 rings (SSSR count). The number of aliphatic hydroxyl groups is 1. The number of hydrogen-bond acceptors (Lipinski definition) is 3. The number of benzene rings is 1. The van der Waals surface area contributed by atoms with E-state index in [1.54, 1.807) is 7.11 Å². The van der Waals surface area contributed by atoms with Gasteiger partial charge in [-0.05, 0) is 48.8 Å². The highest BCUT2D eigenvalue weighted by Gasteiger charge is 2.52. The molecule has 1 saturated carbocycles. The van der Waals surface area contributed by atoms with Crippen LogP contribution in [0.3, 0.4) is 0 Å². The number of hydrogen-bond donors (Lipinski definition) is 2. The van der Waals surface area contributed by atoms with Crippen LogP contribution in [0.1, 0.15) is 43.4 Å². The van der Waals surface area contributed by atoms with Crippen molar-refractivity contribution in [2.75, 3.05) is 13.7 Å². The van der Waals surface area contributed by atoms with E-state index >= 15 is 0 Å². The average Bonchev–Trinajstić information content (AvgIpc) is 2.91. The number of ether oxygens (including phenoxy) is 1. The Balaban J connectivity index is 1.66. The lowest BCUT2D eigenvalue weighted by molar-refractivity contribution is -0.156. The number of H-pyrrole nitrogens is 1. The Bertz CT molecular complexity index is 783. The van der Waals surface area contributed by atoms with E-state index in [-0.39, 0.29) is 6.23 Å². The van der Waals surface area contributed by atoms with Gasteiger partial charge in [0.2, 0.25) is 0 Å². The van der Waals surface area contributed by atoms with Crippen molar-refractivity contribution in [3.8, 4) is 5.75 Å². The minimum Gasteiger partial charge on any atom is -0.497 e. The molecule has 128 valence electrons. The first-order valence-electron chi connectivity index (χ1n) is 9.33. The molecular formula is C20H26N2O2. The third-order valence-corrected chi connectivity index (χ3v) is 6.86. The summed E-state index contributed by atoms with van der Waals surface area (Å²) in [5.41, 5.74) is 4.10. The lowest BCUT2D eigenvalue weighted by Gasteiger charge is -2.55. The van der Waals surface area contributed by atoms with E-state index in [4.69, 9.17) is 4.74 Å². The molecule has 4 aliphatic rings. The van der Waals surface area contributed by atoms with Gasteiger partial charge in [0, 0.05) is 41.2 Å². The minimum absolute atomic E-state index is 0.232. The Morgan fingerprint density at radius 2 is 2.21 bits per heavy atom. The summed E-state index contributed by atoms with van der Waals surface area (Å²) in [6.07, 6.45) is 4.32. The molecule has 2 unspecified atom stereocenters. The van der Waals surface area contributed by atoms with E-state index < -0.39 is 0 Å². The summed E-state index contributed by atoms with van der Waals surface area (Å²) in [7, 11) is 1.72. The maximum Gasteiger partial charge on any atom is 0.120 e. The van der Waals surface area contributed by atoms with Crippen molar-refractivity contribution in [3.05, 3.63) is 29.5 Å². The molecule has 4 nitrogen and oxygen atoms in total. The molecule has 4 bridgehead atoms. The number of methoxy groups -OCH3 is 1. The van der Waals surface area contributed by atoms with Crippen LogP contribution >= 0.6 is 0 Å². The van der Waals surface area contributed by atoms with Gasteiger partial charge in [0.25, 0.3) is 0 Å². The summed E-state index contributed by atoms with van der Waals surface area (Å²) < 4.78 is 5.40. The van der Waals surface area contributed by atoms with E-state index in [0.29, 0.717) is 23.8 Å². The molecule has 1 aliphatic carbocycles. The monoisotopic (exact) mass is 326 g/mol. The quantitative estimate of drug-likeness (QED) is 0.890. The molecule has 3 fully saturated rings. The van der Waals surface area contributed by atoms with Crippen molar-refractivity contribution in [3.63, 3.8) is 0 Å². The zero-order valence-corrected chi connectivity index (χ0v) is 14.5. The number of piperidine rings is 2. The third-order valence-electron chi connectivity index (χ3n) is 6.86. The molecule has 0 spiro atoms. The Kier molecular flexibility index (Phi) is 3.23. The number of nitrogens with zero attached hydrogens (tertiary/aromatic N) is 1. The third kappa shape index (κ3) is 1.87. The van der Waals surface area contributed by atoms with Gasteiger partial charge in [-0.25, -0.2) is 0 Å². The SMILES string of the molecule is CC[C@H]1C[C@H]2C[C@H]3c4[nH]c5cc(OC)ccc5c4CCN(C2O)[C@@H]13. The molecule has 2 aromatic rings. The molecule has 6 atom stereocenters. The van der Waals surface area contributed by atoms with Gasteiger partial charge in [-0.1, -0.05) is 13.3 Å². The highest BCUT2D eigenvalue weighted by Crippen LogP contribution is 2.52. The first kappa shape index (κ1) is 14.8. The summed E-state index contributed by atoms with van der Waals surface area (Å²) in [6, 6.07) is 6.87. The van der Waals surface area contributed by atoms with Crippen LogP contribution in [0.25, 0.3) is 10.9 Å². The van der Waals surface area contributed by atoms with Gasteiger partial charge in [-0.3, -0.25) is 4.90 Å². The lowest BCUT2D eigenvalue weighted by Crippen LogP contribution is -2.61. The van der Waals surface area contributed by atoms with E-state index in [1.807, 2.05) is 0 Å². The number of aromatic amines is 1. The summed E-state index contributed by atoms with van der Waals surface area (Å²) in [4.78, 5) is 6.16. The van der Waals surface area contributed by atoms with Gasteiger partial charge in [0.15, 0.2) is 0 Å². The van der Waals surface area contributed by atoms with Crippen LogP contribution in [0.4, 0.5) is 0 Å². The second kappa shape index (κ2) is 5.24. The predicted molar refractivity (Wildman–Crippen MR) is 94.3 cm³/mol. The molecule has 2 saturated heterocycles. The second-order valence-corrected chi connectivity index (χ2v) is 7.83. The van der Waals surface area contributed by atoms with Crippen LogP contribution in [0.2, 0.25) is 0 Å². The molecule has 3 aliphatic heterocycles. The molecular weight excluding hydrogens is 300 g/mol. The summed E-state index contributed by atoms with van der Waals surface area (Å²) in [5.74, 6) is 2.58. The van der Waals surface area contributed by atoms with Crippen LogP contribution in [0, 0.1) is 11.8 Å². The molecule has 2 N–H and O–H groups in total. The van der Waals surface area contributed by atoms with Gasteiger partial charge in [0.05, 0.1) is 7.11 Å². The van der Waals surface area contributed by atoms with Crippen LogP contribution in [-0.4, -0.2) is 40.9 Å². The molecule has 0 amide bonds. The summed E-state index contributed by atoms with van der Waals surface area (Å²) in [5, 5.41) is 12.1. The normalized spacial score (nSPS) is 37.3. The average molecular weight is 326 g/mol. The van der Waals surface area contributed by atoms with Crippen LogP contribution in [0.5, 0.6) is 5.75 Å². The van der Waals surface area contributed by atoms with Crippen molar-refractivity contribution < 1.29 is 9.84 Å². The van der Waals surface area contributed by atoms with Crippen LogP contribution < -0.4 is 4.74 Å². The van der Waals surface area contributed by atoms with E-state index in [9.17, 15) is 5.11 Å². The number of aromatic nitrogens is 1. The van der Waals surface area contributed by atoms with Gasteiger partial charge in [-0.2, -0.15) is 0 Å². The largest absolute Gasteiger partial charge is 0.497 e. The maximum absolute atomic E-state index is 10.7. The highest BCUT2D eigenvalue weighted by molar-refractivity contribution is 5.86. The van der Waals surface area contributed by atoms with E-state index in [1.165, 1.54) is 35.0 Å². The number of nitrogens with one attached hydrogen (secondary N) is 1. The standard InChI is InChI=1S/C20H26N2O2/c1-3-11-8-12-9-16-18-15(6-7-22(19(11)16)20(12)23)14-5-4-13(24-2)10-17(14)21-18/h4-5,10-12,16,19-21,23H,3,6-9H2,1-2H3/t11-,12-,16-,19-,20?/m0/s1. The van der Waals surface area contributed by atoms with E-state index in [0.717, 1.165) is 25.1 Å². The minimum atomic E-state index is -0.232. The fraction of sp³-hybridized carbons (Fsp3) is 0.600. The number of fused-ring (bicyclic) bond motifs is 4. The van der Waals surface area contributed by atoms with Gasteiger partial charge >= 0.3 is 0 Å². The smallest absolute Gasteiger partial charge is 0.120 e. The Labute approximate surface area is 142 Å². The topological polar surface area (TPSA) is 48.5 Å². The first-order valence-corrected chi connectivity index (χ1v) is 9.33. The Morgan fingerprint density at radius 1 is 1.33 bits per heavy atom. The fourth-order valence-corrected chi connectivity index (χ4v) is 5.80. The first-order chi connectivity index (χ1) is 11.7.